The second kappa shape index (κ2) is 5.36. The lowest BCUT2D eigenvalue weighted by Gasteiger charge is -2.17. The van der Waals surface area contributed by atoms with Crippen molar-refractivity contribution in [1.82, 2.24) is 9.78 Å². The van der Waals surface area contributed by atoms with Crippen LogP contribution in [0.2, 0.25) is 0 Å². The lowest BCUT2D eigenvalue weighted by molar-refractivity contribution is 0.201. The minimum Gasteiger partial charge on any atom is -0.389 e. The van der Waals surface area contributed by atoms with Gasteiger partial charge < -0.3 is 5.11 Å². The zero-order valence-corrected chi connectivity index (χ0v) is 12.0. The van der Waals surface area contributed by atoms with Crippen LogP contribution in [0.3, 0.4) is 0 Å². The molecule has 1 N–H and O–H groups in total. The molecule has 3 nitrogen and oxygen atoms in total. The first-order chi connectivity index (χ1) is 8.11. The number of nitrogens with zero attached hydrogens (tertiary/aromatic N) is 2. The van der Waals surface area contributed by atoms with E-state index < -0.39 is 0 Å². The van der Waals surface area contributed by atoms with E-state index in [0.29, 0.717) is 0 Å². The van der Waals surface area contributed by atoms with Gasteiger partial charge in [0.2, 0.25) is 0 Å². The highest BCUT2D eigenvalue weighted by Crippen LogP contribution is 2.27. The molecule has 17 heavy (non-hydrogen) atoms. The Morgan fingerprint density at radius 2 is 2.35 bits per heavy atom. The molecule has 1 atom stereocenters. The highest BCUT2D eigenvalue weighted by molar-refractivity contribution is 9.10. The molecule has 1 heterocycles. The Kier molecular flexibility index (Phi) is 4.05. The molecule has 0 bridgehead atoms. The molecular weight excluding hydrogens is 280 g/mol. The van der Waals surface area contributed by atoms with Crippen LogP contribution in [0.1, 0.15) is 37.6 Å². The van der Waals surface area contributed by atoms with Crippen molar-refractivity contribution < 1.29 is 5.11 Å². The summed E-state index contributed by atoms with van der Waals surface area (Å²) in [5, 5.41) is 14.1. The summed E-state index contributed by atoms with van der Waals surface area (Å²) in [4.78, 5) is 0. The van der Waals surface area contributed by atoms with Gasteiger partial charge >= 0.3 is 0 Å². The largest absolute Gasteiger partial charge is 0.389 e. The topological polar surface area (TPSA) is 38.0 Å². The third-order valence-electron chi connectivity index (χ3n) is 3.27. The fraction of sp³-hybridized carbons (Fsp3) is 0.615. The maximum absolute atomic E-state index is 9.65. The van der Waals surface area contributed by atoms with Crippen molar-refractivity contribution >= 4 is 15.9 Å². The van der Waals surface area contributed by atoms with Crippen LogP contribution < -0.4 is 0 Å². The van der Waals surface area contributed by atoms with Gasteiger partial charge in [0.05, 0.1) is 22.0 Å². The van der Waals surface area contributed by atoms with Crippen molar-refractivity contribution in [1.29, 1.82) is 0 Å². The molecule has 1 unspecified atom stereocenters. The van der Waals surface area contributed by atoms with Gasteiger partial charge in [0.15, 0.2) is 0 Å². The van der Waals surface area contributed by atoms with E-state index in [4.69, 9.17) is 0 Å². The van der Waals surface area contributed by atoms with Gasteiger partial charge in [-0.2, -0.15) is 5.10 Å². The molecule has 0 radical (unpaired) electrons. The fourth-order valence-corrected chi connectivity index (χ4v) is 2.80. The lowest BCUT2D eigenvalue weighted by atomic mass is 9.94. The number of halogens is 1. The summed E-state index contributed by atoms with van der Waals surface area (Å²) in [6, 6.07) is 0. The molecule has 0 amide bonds. The summed E-state index contributed by atoms with van der Waals surface area (Å²) in [7, 11) is 0. The van der Waals surface area contributed by atoms with Gasteiger partial charge in [-0.15, -0.1) is 0 Å². The predicted octanol–water partition coefficient (Wildman–Crippen LogP) is 2.99. The summed E-state index contributed by atoms with van der Waals surface area (Å²) < 4.78 is 3.15. The van der Waals surface area contributed by atoms with Gasteiger partial charge in [-0.1, -0.05) is 11.6 Å². The third kappa shape index (κ3) is 2.80. The first kappa shape index (κ1) is 12.8. The highest BCUT2D eigenvalue weighted by atomic mass is 79.9. The van der Waals surface area contributed by atoms with E-state index in [0.717, 1.165) is 42.4 Å². The average Bonchev–Trinajstić information content (AvgIpc) is 2.57. The molecule has 2 rings (SSSR count). The fourth-order valence-electron chi connectivity index (χ4n) is 2.38. The van der Waals surface area contributed by atoms with Crippen molar-refractivity contribution in [2.24, 2.45) is 0 Å². The van der Waals surface area contributed by atoms with Gasteiger partial charge in [-0.25, -0.2) is 0 Å². The average molecular weight is 299 g/mol. The summed E-state index contributed by atoms with van der Waals surface area (Å²) in [5.74, 6) is 0. The molecule has 0 saturated heterocycles. The first-order valence-corrected chi connectivity index (χ1v) is 7.00. The van der Waals surface area contributed by atoms with Crippen LogP contribution in [0.15, 0.2) is 16.1 Å². The predicted molar refractivity (Wildman–Crippen MR) is 72.0 cm³/mol. The maximum Gasteiger partial charge on any atom is 0.0738 e. The minimum absolute atomic E-state index is 0.253. The van der Waals surface area contributed by atoms with E-state index in [9.17, 15) is 5.11 Å². The number of hydrogen-bond donors (Lipinski definition) is 1. The second-order valence-corrected chi connectivity index (χ2v) is 5.42. The smallest absolute Gasteiger partial charge is 0.0738 e. The van der Waals surface area contributed by atoms with Gasteiger partial charge in [0.1, 0.15) is 0 Å². The Morgan fingerprint density at radius 3 is 3.00 bits per heavy atom. The Balaban J connectivity index is 2.23. The molecular formula is C13H19BrN2O. The highest BCUT2D eigenvalue weighted by Gasteiger charge is 2.16. The second-order valence-electron chi connectivity index (χ2n) is 4.62. The Bertz CT molecular complexity index is 437. The molecule has 94 valence electrons. The number of rotatable bonds is 3. The number of aliphatic hydroxyl groups excluding tert-OH is 1. The van der Waals surface area contributed by atoms with Gasteiger partial charge in [0.25, 0.3) is 0 Å². The maximum atomic E-state index is 9.65. The number of aromatic nitrogens is 2. The van der Waals surface area contributed by atoms with Crippen molar-refractivity contribution in [2.45, 2.75) is 52.2 Å². The number of hydrogen-bond acceptors (Lipinski definition) is 2. The van der Waals surface area contributed by atoms with Crippen LogP contribution in [0.5, 0.6) is 0 Å². The quantitative estimate of drug-likeness (QED) is 0.871. The van der Waals surface area contributed by atoms with E-state index in [1.54, 1.807) is 0 Å². The van der Waals surface area contributed by atoms with Gasteiger partial charge in [-0.05, 0) is 49.0 Å². The van der Waals surface area contributed by atoms with Crippen LogP contribution in [0.4, 0.5) is 0 Å². The van der Waals surface area contributed by atoms with Crippen LogP contribution >= 0.6 is 15.9 Å². The van der Waals surface area contributed by atoms with Crippen molar-refractivity contribution in [3.8, 4) is 0 Å². The van der Waals surface area contributed by atoms with E-state index in [1.165, 1.54) is 11.3 Å². The van der Waals surface area contributed by atoms with Gasteiger partial charge in [-0.3, -0.25) is 4.68 Å². The van der Waals surface area contributed by atoms with E-state index in [2.05, 4.69) is 28.0 Å². The normalized spacial score (nSPS) is 20.5. The Hall–Kier alpha value is -0.610. The molecule has 0 fully saturated rings. The van der Waals surface area contributed by atoms with E-state index in [1.807, 2.05) is 17.7 Å². The molecule has 4 heteroatoms. The Labute approximate surface area is 111 Å². The first-order valence-electron chi connectivity index (χ1n) is 6.21. The van der Waals surface area contributed by atoms with Crippen LogP contribution in [-0.4, -0.2) is 21.0 Å². The Morgan fingerprint density at radius 1 is 1.59 bits per heavy atom. The van der Waals surface area contributed by atoms with Crippen LogP contribution in [-0.2, 0) is 13.0 Å². The molecule has 1 aliphatic carbocycles. The van der Waals surface area contributed by atoms with Gasteiger partial charge in [0, 0.05) is 13.0 Å². The molecule has 1 aromatic rings. The minimum atomic E-state index is -0.253. The van der Waals surface area contributed by atoms with E-state index >= 15 is 0 Å². The summed E-state index contributed by atoms with van der Waals surface area (Å²) in [6.07, 6.45) is 5.74. The molecule has 1 aromatic heterocycles. The van der Waals surface area contributed by atoms with Crippen molar-refractivity contribution in [3.63, 3.8) is 0 Å². The number of aliphatic hydroxyl groups is 1. The summed E-state index contributed by atoms with van der Waals surface area (Å²) in [6.45, 7) is 5.01. The molecule has 0 spiro atoms. The summed E-state index contributed by atoms with van der Waals surface area (Å²) in [5.41, 5.74) is 3.60. The van der Waals surface area contributed by atoms with Crippen molar-refractivity contribution in [3.05, 3.63) is 27.5 Å². The number of aryl methyl sites for hydroxylation is 2. The van der Waals surface area contributed by atoms with Crippen LogP contribution in [0, 0.1) is 6.92 Å². The van der Waals surface area contributed by atoms with Crippen molar-refractivity contribution in [2.75, 3.05) is 0 Å². The lowest BCUT2D eigenvalue weighted by Crippen LogP contribution is -2.12. The SMILES string of the molecule is CCn1nc(C)c(Br)c1CC1=CC(O)CCC1. The molecule has 0 saturated carbocycles. The molecule has 0 aliphatic heterocycles. The standard InChI is InChI=1S/C13H19BrN2O/c1-3-16-12(13(14)9(2)15-16)8-10-5-4-6-11(17)7-10/h7,11,17H,3-6,8H2,1-2H3. The monoisotopic (exact) mass is 298 g/mol. The summed E-state index contributed by atoms with van der Waals surface area (Å²) >= 11 is 3.61. The van der Waals surface area contributed by atoms with Crippen LogP contribution in [0.25, 0.3) is 0 Å². The van der Waals surface area contributed by atoms with E-state index in [-0.39, 0.29) is 6.10 Å². The zero-order valence-electron chi connectivity index (χ0n) is 10.4. The molecule has 1 aliphatic rings. The number of allylic oxidation sites excluding steroid dienone is 1. The molecule has 0 aromatic carbocycles. The zero-order chi connectivity index (χ0) is 12.4. The third-order valence-corrected chi connectivity index (χ3v) is 4.30.